The maximum atomic E-state index is 10.6. The Balaban J connectivity index is 0.00000241. The molecule has 0 aliphatic heterocycles. The van der Waals surface area contributed by atoms with E-state index in [2.05, 4.69) is 16.3 Å². The Morgan fingerprint density at radius 3 is 2.03 bits per heavy atom. The van der Waals surface area contributed by atoms with E-state index in [1.807, 2.05) is 97.1 Å². The van der Waals surface area contributed by atoms with E-state index in [0.717, 1.165) is 44.2 Å². The molecule has 6 rings (SSSR count). The summed E-state index contributed by atoms with van der Waals surface area (Å²) in [6.07, 6.45) is 0. The third kappa shape index (κ3) is 4.09. The second-order valence-electron chi connectivity index (χ2n) is 7.89. The van der Waals surface area contributed by atoms with E-state index >= 15 is 0 Å². The average Bonchev–Trinajstić information content (AvgIpc) is 2.88. The standard InChI is InChI=1S/C29H18N3O.Pt/c33-29-18-20-8-2-1-7-19(20)16-24(29)27-14-6-13-25(30-27)21-10-5-11-22(15-21)28-17-23-9-3-4-12-26(23)31-32-28;/h1-14,16-18,33H;/q-1;. The summed E-state index contributed by atoms with van der Waals surface area (Å²) < 4.78 is 0. The molecule has 0 saturated heterocycles. The summed E-state index contributed by atoms with van der Waals surface area (Å²) in [6, 6.07) is 36.8. The van der Waals surface area contributed by atoms with Gasteiger partial charge in [-0.3, -0.25) is 4.98 Å². The number of nitrogens with zero attached hydrogens (tertiary/aromatic N) is 3. The molecule has 6 aromatic rings. The van der Waals surface area contributed by atoms with Crippen molar-refractivity contribution in [2.75, 3.05) is 0 Å². The number of benzene rings is 4. The van der Waals surface area contributed by atoms with Gasteiger partial charge in [-0.2, -0.15) is 10.2 Å². The number of pyridine rings is 1. The molecule has 0 unspecified atom stereocenters. The summed E-state index contributed by atoms with van der Waals surface area (Å²) in [6.45, 7) is 0. The molecular formula is C29H18N3OPt-. The van der Waals surface area contributed by atoms with Crippen molar-refractivity contribution in [2.24, 2.45) is 0 Å². The van der Waals surface area contributed by atoms with E-state index < -0.39 is 0 Å². The van der Waals surface area contributed by atoms with E-state index in [0.29, 0.717) is 11.3 Å². The zero-order chi connectivity index (χ0) is 22.2. The number of hydrogen-bond acceptors (Lipinski definition) is 4. The Kier molecular flexibility index (Phi) is 5.91. The molecule has 4 aromatic carbocycles. The van der Waals surface area contributed by atoms with E-state index in [1.165, 1.54) is 0 Å². The normalized spacial score (nSPS) is 10.8. The van der Waals surface area contributed by atoms with Crippen LogP contribution >= 0.6 is 0 Å². The van der Waals surface area contributed by atoms with Gasteiger partial charge in [0.1, 0.15) is 5.75 Å². The molecule has 0 bridgehead atoms. The number of phenolic OH excluding ortho intramolecular Hbond substituents is 1. The average molecular weight is 620 g/mol. The smallest absolute Gasteiger partial charge is 0.125 e. The van der Waals surface area contributed by atoms with Crippen LogP contribution in [0.2, 0.25) is 0 Å². The van der Waals surface area contributed by atoms with Gasteiger partial charge in [-0.15, -0.1) is 24.3 Å². The summed E-state index contributed by atoms with van der Waals surface area (Å²) in [4.78, 5) is 4.84. The van der Waals surface area contributed by atoms with Crippen LogP contribution in [0, 0.1) is 6.07 Å². The van der Waals surface area contributed by atoms with Crippen LogP contribution in [0.1, 0.15) is 0 Å². The van der Waals surface area contributed by atoms with Gasteiger partial charge in [-0.05, 0) is 40.4 Å². The molecule has 0 aliphatic carbocycles. The summed E-state index contributed by atoms with van der Waals surface area (Å²) in [5.41, 5.74) is 5.51. The number of fused-ring (bicyclic) bond motifs is 2. The predicted octanol–water partition coefficient (Wildman–Crippen LogP) is 6.68. The van der Waals surface area contributed by atoms with Gasteiger partial charge >= 0.3 is 0 Å². The molecule has 0 fully saturated rings. The molecule has 0 spiro atoms. The van der Waals surface area contributed by atoms with Crippen molar-refractivity contribution in [1.29, 1.82) is 0 Å². The number of aromatic hydroxyl groups is 1. The molecule has 5 heteroatoms. The van der Waals surface area contributed by atoms with Gasteiger partial charge < -0.3 is 5.11 Å². The van der Waals surface area contributed by atoms with Crippen LogP contribution < -0.4 is 0 Å². The van der Waals surface area contributed by atoms with Crippen LogP contribution in [0.4, 0.5) is 0 Å². The Hall–Kier alpha value is -3.88. The molecule has 34 heavy (non-hydrogen) atoms. The van der Waals surface area contributed by atoms with Gasteiger partial charge in [0.15, 0.2) is 0 Å². The second-order valence-corrected chi connectivity index (χ2v) is 7.89. The van der Waals surface area contributed by atoms with Crippen molar-refractivity contribution < 1.29 is 26.2 Å². The molecule has 4 nitrogen and oxygen atoms in total. The minimum atomic E-state index is 0. The van der Waals surface area contributed by atoms with Crippen molar-refractivity contribution in [3.63, 3.8) is 0 Å². The van der Waals surface area contributed by atoms with Crippen LogP contribution in [-0.4, -0.2) is 20.3 Å². The van der Waals surface area contributed by atoms with Crippen molar-refractivity contribution in [3.05, 3.63) is 109 Å². The zero-order valence-electron chi connectivity index (χ0n) is 17.9. The molecule has 0 aliphatic rings. The summed E-state index contributed by atoms with van der Waals surface area (Å²) in [5.74, 6) is 0.211. The third-order valence-corrected chi connectivity index (χ3v) is 5.73. The van der Waals surface area contributed by atoms with E-state index in [1.54, 1.807) is 6.07 Å². The topological polar surface area (TPSA) is 58.9 Å². The molecule has 166 valence electrons. The number of aromatic nitrogens is 3. The number of hydrogen-bond donors (Lipinski definition) is 1. The summed E-state index contributed by atoms with van der Waals surface area (Å²) in [5, 5.41) is 22.4. The first kappa shape index (κ1) is 21.9. The van der Waals surface area contributed by atoms with Gasteiger partial charge in [0.05, 0.1) is 11.2 Å². The van der Waals surface area contributed by atoms with Gasteiger partial charge in [0.25, 0.3) is 0 Å². The summed E-state index contributed by atoms with van der Waals surface area (Å²) >= 11 is 0. The van der Waals surface area contributed by atoms with Crippen molar-refractivity contribution in [2.45, 2.75) is 0 Å². The van der Waals surface area contributed by atoms with Crippen molar-refractivity contribution in [3.8, 4) is 39.5 Å². The van der Waals surface area contributed by atoms with E-state index in [4.69, 9.17) is 4.98 Å². The molecular weight excluding hydrogens is 601 g/mol. The molecule has 0 atom stereocenters. The molecule has 2 aromatic heterocycles. The van der Waals surface area contributed by atoms with Crippen LogP contribution in [0.15, 0.2) is 103 Å². The van der Waals surface area contributed by atoms with Gasteiger partial charge in [0.2, 0.25) is 0 Å². The Bertz CT molecular complexity index is 1650. The molecule has 2 heterocycles. The van der Waals surface area contributed by atoms with Crippen LogP contribution in [-0.2, 0) is 21.1 Å². The minimum Gasteiger partial charge on any atom is -0.507 e. The van der Waals surface area contributed by atoms with E-state index in [-0.39, 0.29) is 26.8 Å². The fourth-order valence-corrected chi connectivity index (χ4v) is 4.05. The van der Waals surface area contributed by atoms with E-state index in [9.17, 15) is 5.11 Å². The Morgan fingerprint density at radius 2 is 1.21 bits per heavy atom. The first-order valence-corrected chi connectivity index (χ1v) is 10.7. The molecule has 0 saturated carbocycles. The minimum absolute atomic E-state index is 0. The number of phenols is 1. The maximum Gasteiger partial charge on any atom is 0.125 e. The first-order valence-electron chi connectivity index (χ1n) is 10.7. The molecule has 0 amide bonds. The quantitative estimate of drug-likeness (QED) is 0.225. The largest absolute Gasteiger partial charge is 0.507 e. The fraction of sp³-hybridized carbons (Fsp3) is 0. The molecule has 1 N–H and O–H groups in total. The van der Waals surface area contributed by atoms with Crippen LogP contribution in [0.3, 0.4) is 0 Å². The fourth-order valence-electron chi connectivity index (χ4n) is 4.05. The Morgan fingerprint density at radius 1 is 0.559 bits per heavy atom. The Labute approximate surface area is 211 Å². The zero-order valence-corrected chi connectivity index (χ0v) is 20.2. The second kappa shape index (κ2) is 9.17. The van der Waals surface area contributed by atoms with Crippen LogP contribution in [0.5, 0.6) is 5.75 Å². The van der Waals surface area contributed by atoms with Gasteiger partial charge in [-0.1, -0.05) is 71.8 Å². The monoisotopic (exact) mass is 619 g/mol. The van der Waals surface area contributed by atoms with Crippen LogP contribution in [0.25, 0.3) is 55.4 Å². The summed E-state index contributed by atoms with van der Waals surface area (Å²) in [7, 11) is 0. The molecule has 0 radical (unpaired) electrons. The maximum absolute atomic E-state index is 10.6. The van der Waals surface area contributed by atoms with Gasteiger partial charge in [0, 0.05) is 38.0 Å². The number of rotatable bonds is 3. The predicted molar refractivity (Wildman–Crippen MR) is 132 cm³/mol. The van der Waals surface area contributed by atoms with Gasteiger partial charge in [-0.25, -0.2) is 0 Å². The van der Waals surface area contributed by atoms with Crippen molar-refractivity contribution in [1.82, 2.24) is 15.2 Å². The first-order chi connectivity index (χ1) is 16.2. The van der Waals surface area contributed by atoms with Crippen molar-refractivity contribution >= 4 is 21.7 Å². The third-order valence-electron chi connectivity index (χ3n) is 5.73. The SMILES string of the molecule is Oc1cc2ccccc2cc1-c1cccc(-c2[c-]c(-c3cc4ccccc4nn3)ccc2)n1.[Pt].